The zero-order valence-corrected chi connectivity index (χ0v) is 10.1. The lowest BCUT2D eigenvalue weighted by Gasteiger charge is -2.16. The van der Waals surface area contributed by atoms with Gasteiger partial charge in [-0.2, -0.15) is 0 Å². The number of pyridine rings is 2. The smallest absolute Gasteiger partial charge is 0.0907 e. The molecule has 0 radical (unpaired) electrons. The minimum absolute atomic E-state index is 0.163. The normalized spacial score (nSPS) is 12.4. The monoisotopic (exact) mass is 278 g/mol. The van der Waals surface area contributed by atoms with Crippen LogP contribution in [0.5, 0.6) is 0 Å². The van der Waals surface area contributed by atoms with E-state index in [1.54, 1.807) is 18.6 Å². The second-order valence-corrected chi connectivity index (χ2v) is 4.11. The van der Waals surface area contributed by atoms with E-state index in [0.717, 1.165) is 15.7 Å². The first-order valence-corrected chi connectivity index (χ1v) is 5.58. The molecule has 0 aromatic carbocycles. The molecule has 16 heavy (non-hydrogen) atoms. The summed E-state index contributed by atoms with van der Waals surface area (Å²) >= 11 is 3.46. The summed E-state index contributed by atoms with van der Waals surface area (Å²) in [6.07, 6.45) is 5.23. The van der Waals surface area contributed by atoms with Crippen molar-refractivity contribution in [2.24, 2.45) is 5.84 Å². The van der Waals surface area contributed by atoms with Gasteiger partial charge in [-0.25, -0.2) is 5.43 Å². The highest BCUT2D eigenvalue weighted by atomic mass is 79.9. The first kappa shape index (κ1) is 11.2. The Morgan fingerprint density at radius 2 is 2.06 bits per heavy atom. The van der Waals surface area contributed by atoms with Gasteiger partial charge in [0.05, 0.1) is 11.7 Å². The van der Waals surface area contributed by atoms with Crippen molar-refractivity contribution in [3.05, 3.63) is 58.6 Å². The molecule has 1 unspecified atom stereocenters. The van der Waals surface area contributed by atoms with E-state index in [4.69, 9.17) is 5.84 Å². The largest absolute Gasteiger partial charge is 0.271 e. The van der Waals surface area contributed by atoms with E-state index in [9.17, 15) is 0 Å². The van der Waals surface area contributed by atoms with Crippen LogP contribution in [0.15, 0.2) is 47.3 Å². The lowest BCUT2D eigenvalue weighted by Crippen LogP contribution is -2.29. The fraction of sp³-hybridized carbons (Fsp3) is 0.0909. The Kier molecular flexibility index (Phi) is 3.61. The first-order valence-electron chi connectivity index (χ1n) is 4.79. The van der Waals surface area contributed by atoms with Gasteiger partial charge in [0.2, 0.25) is 0 Å². The van der Waals surface area contributed by atoms with E-state index in [2.05, 4.69) is 31.3 Å². The van der Waals surface area contributed by atoms with Gasteiger partial charge < -0.3 is 0 Å². The molecule has 0 aliphatic carbocycles. The highest BCUT2D eigenvalue weighted by molar-refractivity contribution is 9.10. The van der Waals surface area contributed by atoms with E-state index in [1.807, 2.05) is 24.3 Å². The number of hydrazine groups is 1. The third kappa shape index (κ3) is 2.27. The van der Waals surface area contributed by atoms with E-state index in [0.29, 0.717) is 0 Å². The van der Waals surface area contributed by atoms with E-state index >= 15 is 0 Å². The molecule has 2 aromatic rings. The number of halogens is 1. The van der Waals surface area contributed by atoms with Crippen molar-refractivity contribution in [2.75, 3.05) is 0 Å². The average molecular weight is 279 g/mol. The van der Waals surface area contributed by atoms with Gasteiger partial charge in [0.25, 0.3) is 0 Å². The summed E-state index contributed by atoms with van der Waals surface area (Å²) in [4.78, 5) is 8.38. The van der Waals surface area contributed by atoms with Crippen LogP contribution in [0, 0.1) is 0 Å². The zero-order valence-electron chi connectivity index (χ0n) is 8.47. The zero-order chi connectivity index (χ0) is 11.4. The summed E-state index contributed by atoms with van der Waals surface area (Å²) in [5, 5.41) is 0. The van der Waals surface area contributed by atoms with Gasteiger partial charge in [-0.1, -0.05) is 6.07 Å². The van der Waals surface area contributed by atoms with Gasteiger partial charge in [0.15, 0.2) is 0 Å². The van der Waals surface area contributed by atoms with Gasteiger partial charge in [-0.15, -0.1) is 0 Å². The number of hydrogen-bond donors (Lipinski definition) is 2. The Balaban J connectivity index is 2.41. The van der Waals surface area contributed by atoms with Crippen LogP contribution < -0.4 is 11.3 Å². The molecular formula is C11H11BrN4. The second kappa shape index (κ2) is 5.16. The molecule has 0 bridgehead atoms. The fourth-order valence-electron chi connectivity index (χ4n) is 1.49. The Hall–Kier alpha value is -1.30. The van der Waals surface area contributed by atoms with Gasteiger partial charge in [-0.05, 0) is 39.7 Å². The molecule has 0 saturated carbocycles. The molecule has 3 N–H and O–H groups in total. The number of aromatic nitrogens is 2. The van der Waals surface area contributed by atoms with Crippen LogP contribution in [0.2, 0.25) is 0 Å². The minimum atomic E-state index is -0.163. The molecule has 2 heterocycles. The van der Waals surface area contributed by atoms with Gasteiger partial charge >= 0.3 is 0 Å². The summed E-state index contributed by atoms with van der Waals surface area (Å²) < 4.78 is 0.918. The Morgan fingerprint density at radius 1 is 1.25 bits per heavy atom. The predicted molar refractivity (Wildman–Crippen MR) is 65.3 cm³/mol. The molecule has 2 rings (SSSR count). The molecule has 0 spiro atoms. The van der Waals surface area contributed by atoms with E-state index in [-0.39, 0.29) is 6.04 Å². The lowest BCUT2D eigenvalue weighted by atomic mass is 10.1. The number of nitrogens with one attached hydrogen (secondary N) is 1. The highest BCUT2D eigenvalue weighted by Gasteiger charge is 2.16. The van der Waals surface area contributed by atoms with Crippen molar-refractivity contribution < 1.29 is 0 Å². The summed E-state index contributed by atoms with van der Waals surface area (Å²) in [6, 6.07) is 7.46. The van der Waals surface area contributed by atoms with Crippen LogP contribution >= 0.6 is 15.9 Å². The fourth-order valence-corrected chi connectivity index (χ4v) is 1.97. The molecule has 4 nitrogen and oxygen atoms in total. The van der Waals surface area contributed by atoms with Crippen molar-refractivity contribution in [2.45, 2.75) is 6.04 Å². The van der Waals surface area contributed by atoms with Crippen LogP contribution in [-0.4, -0.2) is 9.97 Å². The maximum Gasteiger partial charge on any atom is 0.0907 e. The van der Waals surface area contributed by atoms with Crippen molar-refractivity contribution in [3.8, 4) is 0 Å². The van der Waals surface area contributed by atoms with Crippen molar-refractivity contribution in [1.82, 2.24) is 15.4 Å². The Bertz CT molecular complexity index is 461. The third-order valence-corrected chi connectivity index (χ3v) is 2.92. The summed E-state index contributed by atoms with van der Waals surface area (Å²) in [7, 11) is 0. The molecular weight excluding hydrogens is 268 g/mol. The van der Waals surface area contributed by atoms with Gasteiger partial charge in [-0.3, -0.25) is 15.8 Å². The number of hydrogen-bond acceptors (Lipinski definition) is 4. The molecule has 0 saturated heterocycles. The molecule has 0 fully saturated rings. The standard InChI is InChI=1S/C11H11BrN4/c12-9-4-2-6-15-11(9)10(16-13)8-3-1-5-14-7-8/h1-7,10,16H,13H2. The molecule has 82 valence electrons. The second-order valence-electron chi connectivity index (χ2n) is 3.26. The Labute approximate surface area is 102 Å². The predicted octanol–water partition coefficient (Wildman–Crippen LogP) is 1.79. The lowest BCUT2D eigenvalue weighted by molar-refractivity contribution is 0.616. The first-order chi connectivity index (χ1) is 7.83. The van der Waals surface area contributed by atoms with Crippen molar-refractivity contribution in [1.29, 1.82) is 0 Å². The van der Waals surface area contributed by atoms with Crippen LogP contribution in [0.1, 0.15) is 17.3 Å². The summed E-state index contributed by atoms with van der Waals surface area (Å²) in [5.74, 6) is 5.57. The molecule has 0 aliphatic heterocycles. The van der Waals surface area contributed by atoms with Crippen molar-refractivity contribution >= 4 is 15.9 Å². The quantitative estimate of drug-likeness (QED) is 0.664. The third-order valence-electron chi connectivity index (χ3n) is 2.24. The summed E-state index contributed by atoms with van der Waals surface area (Å²) in [6.45, 7) is 0. The van der Waals surface area contributed by atoms with E-state index in [1.165, 1.54) is 0 Å². The van der Waals surface area contributed by atoms with Crippen molar-refractivity contribution in [3.63, 3.8) is 0 Å². The molecule has 2 aromatic heterocycles. The molecule has 1 atom stereocenters. The maximum absolute atomic E-state index is 5.57. The average Bonchev–Trinajstić information content (AvgIpc) is 2.34. The maximum atomic E-state index is 5.57. The van der Waals surface area contributed by atoms with Crippen LogP contribution in [-0.2, 0) is 0 Å². The Morgan fingerprint density at radius 3 is 2.69 bits per heavy atom. The topological polar surface area (TPSA) is 63.8 Å². The minimum Gasteiger partial charge on any atom is -0.271 e. The molecule has 0 amide bonds. The van der Waals surface area contributed by atoms with Crippen LogP contribution in [0.3, 0.4) is 0 Å². The number of nitrogens with zero attached hydrogens (tertiary/aromatic N) is 2. The molecule has 0 aliphatic rings. The van der Waals surface area contributed by atoms with Crippen LogP contribution in [0.25, 0.3) is 0 Å². The highest BCUT2D eigenvalue weighted by Crippen LogP contribution is 2.25. The van der Waals surface area contributed by atoms with Gasteiger partial charge in [0, 0.05) is 23.1 Å². The van der Waals surface area contributed by atoms with Crippen LogP contribution in [0.4, 0.5) is 0 Å². The van der Waals surface area contributed by atoms with E-state index < -0.39 is 0 Å². The summed E-state index contributed by atoms with van der Waals surface area (Å²) in [5.41, 5.74) is 4.56. The van der Waals surface area contributed by atoms with Gasteiger partial charge in [0.1, 0.15) is 0 Å². The SMILES string of the molecule is NNC(c1cccnc1)c1ncccc1Br. The molecule has 5 heteroatoms. The number of nitrogens with two attached hydrogens (primary N) is 1. The number of rotatable bonds is 3.